The van der Waals surface area contributed by atoms with Gasteiger partial charge in [-0.15, -0.1) is 5.10 Å². The molecule has 2 aromatic rings. The van der Waals surface area contributed by atoms with E-state index in [-0.39, 0.29) is 35.9 Å². The molecule has 1 N–H and O–H groups in total. The molecule has 33 heavy (non-hydrogen) atoms. The third kappa shape index (κ3) is 5.80. The van der Waals surface area contributed by atoms with E-state index in [4.69, 9.17) is 4.74 Å². The van der Waals surface area contributed by atoms with Gasteiger partial charge in [0.15, 0.2) is 5.82 Å². The molecule has 0 saturated heterocycles. The summed E-state index contributed by atoms with van der Waals surface area (Å²) < 4.78 is 6.85. The average molecular weight is 455 g/mol. The third-order valence-corrected chi connectivity index (χ3v) is 5.99. The summed E-state index contributed by atoms with van der Waals surface area (Å²) in [6.07, 6.45) is 5.36. The van der Waals surface area contributed by atoms with Gasteiger partial charge in [0.1, 0.15) is 5.56 Å². The number of amides is 2. The molecule has 1 aromatic heterocycles. The first-order chi connectivity index (χ1) is 15.7. The van der Waals surface area contributed by atoms with Gasteiger partial charge in [-0.2, -0.15) is 0 Å². The van der Waals surface area contributed by atoms with E-state index < -0.39 is 5.97 Å². The van der Waals surface area contributed by atoms with Crippen molar-refractivity contribution in [2.24, 2.45) is 11.8 Å². The van der Waals surface area contributed by atoms with Crippen molar-refractivity contribution in [1.82, 2.24) is 9.78 Å². The van der Waals surface area contributed by atoms with E-state index in [0.29, 0.717) is 23.1 Å². The Bertz CT molecular complexity index is 988. The number of ether oxygens (including phenoxy) is 1. The number of hydrogen-bond donors (Lipinski definition) is 1. The highest BCUT2D eigenvalue weighted by Crippen LogP contribution is 2.33. The summed E-state index contributed by atoms with van der Waals surface area (Å²) in [5.41, 5.74) is 1.62. The molecule has 0 atom stereocenters. The van der Waals surface area contributed by atoms with Crippen molar-refractivity contribution in [1.29, 1.82) is 0 Å². The van der Waals surface area contributed by atoms with Crippen molar-refractivity contribution in [3.8, 4) is 5.69 Å². The van der Waals surface area contributed by atoms with Crippen LogP contribution in [-0.2, 0) is 14.3 Å². The number of aromatic nitrogens is 2. The van der Waals surface area contributed by atoms with E-state index in [1.807, 2.05) is 13.8 Å². The Labute approximate surface area is 195 Å². The van der Waals surface area contributed by atoms with Gasteiger partial charge in [-0.05, 0) is 76.6 Å². The lowest BCUT2D eigenvalue weighted by Gasteiger charge is -2.32. The zero-order valence-corrected chi connectivity index (χ0v) is 20.1. The molecule has 0 bridgehead atoms. The van der Waals surface area contributed by atoms with Crippen LogP contribution in [0.3, 0.4) is 0 Å². The van der Waals surface area contributed by atoms with Gasteiger partial charge in [-0.25, -0.2) is 9.48 Å². The number of nitrogens with zero attached hydrogens (tertiary/aromatic N) is 3. The smallest absolute Gasteiger partial charge is 0.343 e. The highest BCUT2D eigenvalue weighted by atomic mass is 16.5. The molecule has 8 heteroatoms. The summed E-state index contributed by atoms with van der Waals surface area (Å²) in [4.78, 5) is 39.3. The second-order valence-electron chi connectivity index (χ2n) is 9.02. The Morgan fingerprint density at radius 3 is 2.33 bits per heavy atom. The Kier molecular flexibility index (Phi) is 7.89. The van der Waals surface area contributed by atoms with Crippen molar-refractivity contribution in [3.63, 3.8) is 0 Å². The van der Waals surface area contributed by atoms with Gasteiger partial charge < -0.3 is 10.1 Å². The maximum absolute atomic E-state index is 13.6. The molecule has 0 unspecified atom stereocenters. The van der Waals surface area contributed by atoms with E-state index in [9.17, 15) is 14.4 Å². The van der Waals surface area contributed by atoms with Gasteiger partial charge in [0.2, 0.25) is 11.8 Å². The standard InChI is InChI=1S/C25H34N4O4/c1-6-33-25(32)22-15-28(21-13-11-20(12-14-21)26-18(5)30)27-23(22)29(16(2)3)24(31)19-9-7-17(4)8-10-19/h11-17,19H,6-10H2,1-5H3,(H,26,30)/t17-,19-. The van der Waals surface area contributed by atoms with Crippen molar-refractivity contribution >= 4 is 29.3 Å². The minimum atomic E-state index is -0.510. The molecule has 0 spiro atoms. The van der Waals surface area contributed by atoms with Crippen LogP contribution in [0, 0.1) is 11.8 Å². The predicted octanol–water partition coefficient (Wildman–Crippen LogP) is 4.58. The van der Waals surface area contributed by atoms with Crippen molar-refractivity contribution < 1.29 is 19.1 Å². The number of carbonyl (C=O) groups is 3. The summed E-state index contributed by atoms with van der Waals surface area (Å²) in [7, 11) is 0. The van der Waals surface area contributed by atoms with Crippen LogP contribution in [0.1, 0.15) is 70.7 Å². The maximum atomic E-state index is 13.6. The quantitative estimate of drug-likeness (QED) is 0.618. The third-order valence-electron chi connectivity index (χ3n) is 5.99. The van der Waals surface area contributed by atoms with E-state index in [2.05, 4.69) is 17.3 Å². The van der Waals surface area contributed by atoms with Crippen LogP contribution in [0.15, 0.2) is 30.5 Å². The Balaban J connectivity index is 1.99. The molecule has 0 aliphatic heterocycles. The fourth-order valence-electron chi connectivity index (χ4n) is 4.24. The number of rotatable bonds is 7. The number of benzene rings is 1. The van der Waals surface area contributed by atoms with E-state index in [1.165, 1.54) is 6.92 Å². The first-order valence-electron chi connectivity index (χ1n) is 11.7. The number of nitrogens with one attached hydrogen (secondary N) is 1. The fourth-order valence-corrected chi connectivity index (χ4v) is 4.24. The van der Waals surface area contributed by atoms with Gasteiger partial charge in [-0.3, -0.25) is 14.5 Å². The lowest BCUT2D eigenvalue weighted by Crippen LogP contribution is -2.43. The van der Waals surface area contributed by atoms with Crippen LogP contribution in [0.2, 0.25) is 0 Å². The summed E-state index contributed by atoms with van der Waals surface area (Å²) in [6, 6.07) is 6.94. The average Bonchev–Trinajstić information content (AvgIpc) is 3.19. The molecule has 3 rings (SSSR count). The molecule has 1 heterocycles. The Hall–Kier alpha value is -3.16. The SMILES string of the molecule is CCOC(=O)c1cn(-c2ccc(NC(C)=O)cc2)nc1N(C(=O)[C@H]1CC[C@H](C)CC1)C(C)C. The van der Waals surface area contributed by atoms with Gasteiger partial charge in [0, 0.05) is 30.8 Å². The molecule has 0 radical (unpaired) electrons. The van der Waals surface area contributed by atoms with E-state index in [0.717, 1.165) is 25.7 Å². The van der Waals surface area contributed by atoms with Crippen LogP contribution < -0.4 is 10.2 Å². The van der Waals surface area contributed by atoms with E-state index in [1.54, 1.807) is 47.0 Å². The molecular formula is C25H34N4O4. The van der Waals surface area contributed by atoms with Crippen LogP contribution in [0.5, 0.6) is 0 Å². The predicted molar refractivity (Wildman–Crippen MR) is 128 cm³/mol. The fraction of sp³-hybridized carbons (Fsp3) is 0.520. The molecule has 8 nitrogen and oxygen atoms in total. The minimum Gasteiger partial charge on any atom is -0.462 e. The molecule has 1 fully saturated rings. The molecule has 1 aliphatic rings. The van der Waals surface area contributed by atoms with Gasteiger partial charge in [-0.1, -0.05) is 6.92 Å². The number of esters is 1. The largest absolute Gasteiger partial charge is 0.462 e. The molecule has 1 aliphatic carbocycles. The zero-order chi connectivity index (χ0) is 24.1. The summed E-state index contributed by atoms with van der Waals surface area (Å²) in [5.74, 6) is 0.227. The monoisotopic (exact) mass is 454 g/mol. The number of carbonyl (C=O) groups excluding carboxylic acids is 3. The molecule has 2 amide bonds. The lowest BCUT2D eigenvalue weighted by molar-refractivity contribution is -0.124. The van der Waals surface area contributed by atoms with Crippen LogP contribution in [0.4, 0.5) is 11.5 Å². The van der Waals surface area contributed by atoms with Gasteiger partial charge in [0.25, 0.3) is 0 Å². The number of anilines is 2. The van der Waals surface area contributed by atoms with Crippen LogP contribution >= 0.6 is 0 Å². The van der Waals surface area contributed by atoms with Crippen molar-refractivity contribution in [2.45, 2.75) is 66.3 Å². The normalized spacial score (nSPS) is 18.1. The van der Waals surface area contributed by atoms with E-state index >= 15 is 0 Å². The minimum absolute atomic E-state index is 0.00806. The number of hydrogen-bond acceptors (Lipinski definition) is 5. The summed E-state index contributed by atoms with van der Waals surface area (Å²) >= 11 is 0. The topological polar surface area (TPSA) is 93.5 Å². The Morgan fingerprint density at radius 2 is 1.79 bits per heavy atom. The van der Waals surface area contributed by atoms with Crippen molar-refractivity contribution in [3.05, 3.63) is 36.0 Å². The van der Waals surface area contributed by atoms with Gasteiger partial charge >= 0.3 is 5.97 Å². The van der Waals surface area contributed by atoms with Crippen molar-refractivity contribution in [2.75, 3.05) is 16.8 Å². The summed E-state index contributed by atoms with van der Waals surface area (Å²) in [6.45, 7) is 9.50. The van der Waals surface area contributed by atoms with Crippen LogP contribution in [0.25, 0.3) is 5.69 Å². The highest BCUT2D eigenvalue weighted by molar-refractivity contribution is 6.02. The second-order valence-corrected chi connectivity index (χ2v) is 9.02. The Morgan fingerprint density at radius 1 is 1.15 bits per heavy atom. The lowest BCUT2D eigenvalue weighted by atomic mass is 9.82. The second kappa shape index (κ2) is 10.6. The maximum Gasteiger partial charge on any atom is 0.343 e. The molecule has 1 aromatic carbocycles. The first kappa shape index (κ1) is 24.5. The highest BCUT2D eigenvalue weighted by Gasteiger charge is 2.34. The zero-order valence-electron chi connectivity index (χ0n) is 20.1. The molecule has 178 valence electrons. The first-order valence-corrected chi connectivity index (χ1v) is 11.7. The molecule has 1 saturated carbocycles. The molecular weight excluding hydrogens is 420 g/mol. The summed E-state index contributed by atoms with van der Waals surface area (Å²) in [5, 5.41) is 7.39. The van der Waals surface area contributed by atoms with Crippen LogP contribution in [-0.4, -0.2) is 40.2 Å². The van der Waals surface area contributed by atoms with Gasteiger partial charge in [0.05, 0.1) is 12.3 Å².